The Hall–Kier alpha value is -1.64. The van der Waals surface area contributed by atoms with Gasteiger partial charge in [-0.3, -0.25) is 14.4 Å². The number of carboxylic acids is 1. The van der Waals surface area contributed by atoms with Gasteiger partial charge in [0.1, 0.15) is 4.75 Å². The van der Waals surface area contributed by atoms with E-state index in [0.29, 0.717) is 19.4 Å². The highest BCUT2D eigenvalue weighted by Crippen LogP contribution is 2.19. The number of aliphatic carboxylic acids is 1. The zero-order valence-corrected chi connectivity index (χ0v) is 14.7. The normalized spacial score (nSPS) is 19.3. The van der Waals surface area contributed by atoms with Crippen molar-refractivity contribution in [2.24, 2.45) is 5.92 Å². The van der Waals surface area contributed by atoms with Crippen molar-refractivity contribution in [2.45, 2.75) is 31.4 Å². The predicted octanol–water partition coefficient (Wildman–Crippen LogP) is -0.409. The van der Waals surface area contributed by atoms with Crippen molar-refractivity contribution in [1.29, 1.82) is 0 Å². The van der Waals surface area contributed by atoms with E-state index in [-0.39, 0.29) is 19.0 Å². The molecule has 2 amide bonds. The summed E-state index contributed by atoms with van der Waals surface area (Å²) < 4.78 is 21.8. The van der Waals surface area contributed by atoms with Crippen LogP contribution in [-0.2, 0) is 24.2 Å². The maximum atomic E-state index is 12.3. The number of carbonyl (C=O) groups excluding carboxylic acids is 2. The van der Waals surface area contributed by atoms with Gasteiger partial charge in [-0.15, -0.1) is 0 Å². The molecule has 1 atom stereocenters. The molecule has 9 heteroatoms. The second-order valence-electron chi connectivity index (χ2n) is 6.46. The third kappa shape index (κ3) is 4.43. The topological polar surface area (TPSA) is 112 Å². The molecule has 0 aromatic heterocycles. The Kier molecular flexibility index (Phi) is 5.79. The van der Waals surface area contributed by atoms with Crippen molar-refractivity contribution in [3.8, 4) is 0 Å². The first-order valence-corrected chi connectivity index (χ1v) is 9.22. The van der Waals surface area contributed by atoms with E-state index >= 15 is 0 Å². The summed E-state index contributed by atoms with van der Waals surface area (Å²) >= 11 is 0. The summed E-state index contributed by atoms with van der Waals surface area (Å²) in [6, 6.07) is 0. The van der Waals surface area contributed by atoms with Crippen LogP contribution in [0.4, 0.5) is 0 Å². The molecule has 0 radical (unpaired) electrons. The lowest BCUT2D eigenvalue weighted by molar-refractivity contribution is -0.147. The first kappa shape index (κ1) is 19.4. The van der Waals surface area contributed by atoms with E-state index in [1.807, 2.05) is 0 Å². The summed E-state index contributed by atoms with van der Waals surface area (Å²) in [6.45, 7) is 2.88. The molecule has 0 aromatic rings. The van der Waals surface area contributed by atoms with Gasteiger partial charge in [0.05, 0.1) is 12.5 Å². The van der Waals surface area contributed by atoms with E-state index in [0.717, 1.165) is 11.2 Å². The van der Waals surface area contributed by atoms with Gasteiger partial charge in [0.2, 0.25) is 11.8 Å². The first-order valence-electron chi connectivity index (χ1n) is 7.33. The highest BCUT2D eigenvalue weighted by atomic mass is 32.2. The number of nitrogens with zero attached hydrogens (tertiary/aromatic N) is 2. The maximum Gasteiger partial charge on any atom is 0.308 e. The summed E-state index contributed by atoms with van der Waals surface area (Å²) in [5, 5.41) is 9.03. The Labute approximate surface area is 136 Å². The number of carboxylic acid groups (broad SMARTS) is 1. The van der Waals surface area contributed by atoms with Crippen molar-refractivity contribution < 1.29 is 27.9 Å². The number of likely N-dealkylation sites (N-methyl/N-ethyl adjacent to an activating group) is 1. The highest BCUT2D eigenvalue weighted by molar-refractivity contribution is 7.92. The van der Waals surface area contributed by atoms with Crippen molar-refractivity contribution in [3.05, 3.63) is 0 Å². The minimum Gasteiger partial charge on any atom is -0.481 e. The second-order valence-corrected chi connectivity index (χ2v) is 9.03. The van der Waals surface area contributed by atoms with Crippen molar-refractivity contribution >= 4 is 27.6 Å². The molecule has 1 aliphatic rings. The molecular weight excluding hydrogens is 324 g/mol. The predicted molar refractivity (Wildman–Crippen MR) is 83.5 cm³/mol. The van der Waals surface area contributed by atoms with Crippen LogP contribution in [0.5, 0.6) is 0 Å². The Morgan fingerprint density at radius 3 is 2.35 bits per heavy atom. The van der Waals surface area contributed by atoms with Crippen LogP contribution < -0.4 is 0 Å². The monoisotopic (exact) mass is 348 g/mol. The minimum absolute atomic E-state index is 0.117. The maximum absolute atomic E-state index is 12.3. The molecule has 1 fully saturated rings. The van der Waals surface area contributed by atoms with Gasteiger partial charge in [-0.05, 0) is 26.7 Å². The molecule has 23 heavy (non-hydrogen) atoms. The van der Waals surface area contributed by atoms with E-state index in [2.05, 4.69) is 0 Å². The third-order valence-corrected chi connectivity index (χ3v) is 6.31. The fourth-order valence-electron chi connectivity index (χ4n) is 2.40. The van der Waals surface area contributed by atoms with Crippen LogP contribution >= 0.6 is 0 Å². The molecule has 1 unspecified atom stereocenters. The molecule has 0 saturated carbocycles. The van der Waals surface area contributed by atoms with Gasteiger partial charge in [-0.2, -0.15) is 0 Å². The molecule has 1 rings (SSSR count). The largest absolute Gasteiger partial charge is 0.481 e. The van der Waals surface area contributed by atoms with Crippen molar-refractivity contribution in [2.75, 3.05) is 32.9 Å². The van der Waals surface area contributed by atoms with E-state index in [4.69, 9.17) is 5.11 Å². The SMILES string of the molecule is CN(CC(=O)N1CCCC(C(=O)O)C1)C(=O)C(C)(C)S(C)(=O)=O. The Morgan fingerprint density at radius 2 is 1.87 bits per heavy atom. The molecule has 0 bridgehead atoms. The van der Waals surface area contributed by atoms with Crippen LogP contribution in [-0.4, -0.2) is 78.8 Å². The van der Waals surface area contributed by atoms with Gasteiger partial charge in [-0.25, -0.2) is 8.42 Å². The number of hydrogen-bond acceptors (Lipinski definition) is 5. The molecule has 8 nitrogen and oxygen atoms in total. The molecule has 1 heterocycles. The van der Waals surface area contributed by atoms with E-state index in [1.165, 1.54) is 25.8 Å². The lowest BCUT2D eigenvalue weighted by Crippen LogP contribution is -2.52. The van der Waals surface area contributed by atoms with E-state index in [1.54, 1.807) is 0 Å². The summed E-state index contributed by atoms with van der Waals surface area (Å²) in [6.07, 6.45) is 2.09. The number of sulfone groups is 1. The standard InChI is InChI=1S/C14H24N2O6S/c1-14(2,23(4,21)22)13(20)15(3)9-11(17)16-7-5-6-10(8-16)12(18)19/h10H,5-9H2,1-4H3,(H,18,19). The number of hydrogen-bond donors (Lipinski definition) is 1. The van der Waals surface area contributed by atoms with Crippen molar-refractivity contribution in [3.63, 3.8) is 0 Å². The van der Waals surface area contributed by atoms with Crippen molar-refractivity contribution in [1.82, 2.24) is 9.80 Å². The molecular formula is C14H24N2O6S. The zero-order valence-electron chi connectivity index (χ0n) is 13.9. The number of amides is 2. The number of piperidine rings is 1. The Balaban J connectivity index is 2.73. The van der Waals surface area contributed by atoms with Gasteiger partial charge < -0.3 is 14.9 Å². The van der Waals surface area contributed by atoms with Gasteiger partial charge in [0.15, 0.2) is 9.84 Å². The van der Waals surface area contributed by atoms with Crippen LogP contribution in [0, 0.1) is 5.92 Å². The number of carbonyl (C=O) groups is 3. The summed E-state index contributed by atoms with van der Waals surface area (Å²) in [5.41, 5.74) is 0. The summed E-state index contributed by atoms with van der Waals surface area (Å²) in [7, 11) is -2.25. The molecule has 1 aliphatic heterocycles. The Bertz CT molecular complexity index is 598. The van der Waals surface area contributed by atoms with E-state index in [9.17, 15) is 22.8 Å². The van der Waals surface area contributed by atoms with Crippen LogP contribution in [0.1, 0.15) is 26.7 Å². The van der Waals surface area contributed by atoms with Crippen LogP contribution in [0.25, 0.3) is 0 Å². The van der Waals surface area contributed by atoms with E-state index < -0.39 is 32.4 Å². The summed E-state index contributed by atoms with van der Waals surface area (Å²) in [5.74, 6) is -2.58. The quantitative estimate of drug-likeness (QED) is 0.723. The van der Waals surface area contributed by atoms with Crippen LogP contribution in [0.2, 0.25) is 0 Å². The van der Waals surface area contributed by atoms with Gasteiger partial charge in [0, 0.05) is 26.4 Å². The molecule has 0 spiro atoms. The highest BCUT2D eigenvalue weighted by Gasteiger charge is 2.41. The average Bonchev–Trinajstić information content (AvgIpc) is 2.45. The minimum atomic E-state index is -3.62. The second kappa shape index (κ2) is 6.86. The van der Waals surface area contributed by atoms with Crippen LogP contribution in [0.3, 0.4) is 0 Å². The summed E-state index contributed by atoms with van der Waals surface area (Å²) in [4.78, 5) is 38.1. The smallest absolute Gasteiger partial charge is 0.308 e. The third-order valence-electron chi connectivity index (χ3n) is 4.28. The zero-order chi connectivity index (χ0) is 18.0. The molecule has 1 N–H and O–H groups in total. The fourth-order valence-corrected chi connectivity index (χ4v) is 2.87. The molecule has 132 valence electrons. The first-order chi connectivity index (χ1) is 10.4. The molecule has 0 aromatic carbocycles. The molecule has 1 saturated heterocycles. The molecule has 0 aliphatic carbocycles. The lowest BCUT2D eigenvalue weighted by Gasteiger charge is -2.33. The van der Waals surface area contributed by atoms with Gasteiger partial charge in [-0.1, -0.05) is 0 Å². The Morgan fingerprint density at radius 1 is 1.30 bits per heavy atom. The fraction of sp³-hybridized carbons (Fsp3) is 0.786. The van der Waals surface area contributed by atoms with Gasteiger partial charge in [0.25, 0.3) is 0 Å². The number of rotatable bonds is 5. The number of likely N-dealkylation sites (tertiary alicyclic amines) is 1. The van der Waals surface area contributed by atoms with Crippen LogP contribution in [0.15, 0.2) is 0 Å². The van der Waals surface area contributed by atoms with Gasteiger partial charge >= 0.3 is 5.97 Å². The average molecular weight is 348 g/mol. The lowest BCUT2D eigenvalue weighted by atomic mass is 9.98.